The van der Waals surface area contributed by atoms with E-state index in [2.05, 4.69) is 0 Å². The fourth-order valence-electron chi connectivity index (χ4n) is 0.715. The molecule has 0 saturated carbocycles. The van der Waals surface area contributed by atoms with E-state index in [4.69, 9.17) is 15.6 Å². The Morgan fingerprint density at radius 3 is 1.65 bits per heavy atom. The summed E-state index contributed by atoms with van der Waals surface area (Å²) in [4.78, 5) is 19.3. The summed E-state index contributed by atoms with van der Waals surface area (Å²) in [6, 6.07) is 0. The third kappa shape index (κ3) is 8.48. The second-order valence-electron chi connectivity index (χ2n) is 2.93. The summed E-state index contributed by atoms with van der Waals surface area (Å²) >= 11 is 0. The van der Waals surface area contributed by atoms with E-state index < -0.39 is 33.1 Å². The highest BCUT2D eigenvalue weighted by molar-refractivity contribution is 7.92. The van der Waals surface area contributed by atoms with Gasteiger partial charge in [-0.1, -0.05) is 6.92 Å². The van der Waals surface area contributed by atoms with Crippen molar-refractivity contribution >= 4 is 21.7 Å². The number of hydrogen-bond donors (Lipinski definition) is 2. The number of aliphatic carboxylic acids is 1. The number of carboxylic acid groups (broad SMARTS) is 1. The van der Waals surface area contributed by atoms with E-state index in [-0.39, 0.29) is 6.42 Å². The van der Waals surface area contributed by atoms with Gasteiger partial charge in [0.2, 0.25) is 5.91 Å². The Morgan fingerprint density at radius 1 is 1.35 bits per heavy atom. The summed E-state index contributed by atoms with van der Waals surface area (Å²) in [5.41, 5.74) is 4.82. The topological polar surface area (TPSA) is 115 Å². The first-order valence-corrected chi connectivity index (χ1v) is 6.07. The molecule has 102 valence electrons. The molecule has 0 aromatic heterocycles. The molecule has 0 aromatic carbocycles. The molecule has 6 nitrogen and oxygen atoms in total. The minimum absolute atomic E-state index is 0.244. The average Bonchev–Trinajstić information content (AvgIpc) is 2.00. The van der Waals surface area contributed by atoms with E-state index in [9.17, 15) is 26.4 Å². The highest BCUT2D eigenvalue weighted by atomic mass is 32.2. The quantitative estimate of drug-likeness (QED) is 0.750. The summed E-state index contributed by atoms with van der Waals surface area (Å²) in [5, 5.41) is 6.10. The van der Waals surface area contributed by atoms with Crippen LogP contribution in [0.25, 0.3) is 0 Å². The van der Waals surface area contributed by atoms with Crippen LogP contribution in [-0.4, -0.2) is 43.1 Å². The Labute approximate surface area is 95.5 Å². The first-order chi connectivity index (χ1) is 7.34. The van der Waals surface area contributed by atoms with Gasteiger partial charge >= 0.3 is 12.1 Å². The zero-order chi connectivity index (χ0) is 14.4. The number of nitrogens with two attached hydrogens (primary N) is 1. The third-order valence-electron chi connectivity index (χ3n) is 1.45. The predicted octanol–water partition coefficient (Wildman–Crippen LogP) is -0.0718. The van der Waals surface area contributed by atoms with Gasteiger partial charge in [-0.25, -0.2) is 13.2 Å². The second kappa shape index (κ2) is 6.42. The van der Waals surface area contributed by atoms with Gasteiger partial charge in [-0.05, 0) is 6.42 Å². The van der Waals surface area contributed by atoms with Crippen LogP contribution in [-0.2, 0) is 19.4 Å². The normalized spacial score (nSPS) is 13.2. The molecule has 0 aromatic rings. The molecular formula is C7H12F3NO5S. The molecule has 0 saturated heterocycles. The Hall–Kier alpha value is -1.32. The Morgan fingerprint density at radius 2 is 1.65 bits per heavy atom. The molecule has 0 radical (unpaired) electrons. The summed E-state index contributed by atoms with van der Waals surface area (Å²) in [6.45, 7) is 1.61. The van der Waals surface area contributed by atoms with Gasteiger partial charge in [-0.3, -0.25) is 4.79 Å². The summed E-state index contributed by atoms with van der Waals surface area (Å²) in [5.74, 6) is -3.53. The SMILES string of the molecule is CCC(C(N)=O)S(C)(=O)=O.O=C(O)C(F)(F)F. The monoisotopic (exact) mass is 279 g/mol. The van der Waals surface area contributed by atoms with Crippen LogP contribution in [0.5, 0.6) is 0 Å². The van der Waals surface area contributed by atoms with Crippen LogP contribution in [0.15, 0.2) is 0 Å². The average molecular weight is 279 g/mol. The Balaban J connectivity index is 0. The van der Waals surface area contributed by atoms with Crippen molar-refractivity contribution in [1.82, 2.24) is 0 Å². The van der Waals surface area contributed by atoms with Gasteiger partial charge in [-0.15, -0.1) is 0 Å². The second-order valence-corrected chi connectivity index (χ2v) is 5.16. The minimum Gasteiger partial charge on any atom is -0.475 e. The standard InChI is InChI=1S/C5H11NO3S.C2HF3O2/c1-3-4(5(6)7)10(2,8)9;3-2(4,5)1(6)7/h4H,3H2,1-2H3,(H2,6,7);(H,6,7). The van der Waals surface area contributed by atoms with E-state index >= 15 is 0 Å². The first-order valence-electron chi connectivity index (χ1n) is 4.12. The molecule has 0 rings (SSSR count). The van der Waals surface area contributed by atoms with Crippen LogP contribution in [0.2, 0.25) is 0 Å². The maximum atomic E-state index is 10.7. The molecule has 10 heteroatoms. The van der Waals surface area contributed by atoms with Gasteiger partial charge in [0.25, 0.3) is 0 Å². The molecule has 0 bridgehead atoms. The molecule has 0 aliphatic carbocycles. The first kappa shape index (κ1) is 18.1. The molecule has 0 heterocycles. The van der Waals surface area contributed by atoms with E-state index in [0.717, 1.165) is 6.26 Å². The molecule has 0 fully saturated rings. The maximum absolute atomic E-state index is 10.7. The number of rotatable bonds is 3. The molecule has 1 atom stereocenters. The summed E-state index contributed by atoms with van der Waals surface area (Å²) < 4.78 is 53.1. The smallest absolute Gasteiger partial charge is 0.475 e. The molecule has 17 heavy (non-hydrogen) atoms. The summed E-state index contributed by atoms with van der Waals surface area (Å²) in [6.07, 6.45) is -3.83. The lowest BCUT2D eigenvalue weighted by atomic mass is 10.3. The number of carbonyl (C=O) groups is 2. The maximum Gasteiger partial charge on any atom is 0.490 e. The molecule has 0 aliphatic rings. The number of hydrogen-bond acceptors (Lipinski definition) is 4. The van der Waals surface area contributed by atoms with E-state index in [1.165, 1.54) is 0 Å². The van der Waals surface area contributed by atoms with Gasteiger partial charge in [0.15, 0.2) is 9.84 Å². The van der Waals surface area contributed by atoms with Crippen molar-refractivity contribution in [3.8, 4) is 0 Å². The van der Waals surface area contributed by atoms with Gasteiger partial charge in [0.1, 0.15) is 5.25 Å². The number of carboxylic acids is 1. The number of amides is 1. The summed E-state index contributed by atoms with van der Waals surface area (Å²) in [7, 11) is -3.29. The molecular weight excluding hydrogens is 267 g/mol. The molecule has 0 spiro atoms. The van der Waals surface area contributed by atoms with Crippen molar-refractivity contribution in [3.05, 3.63) is 0 Å². The largest absolute Gasteiger partial charge is 0.490 e. The fourth-order valence-corrected chi connectivity index (χ4v) is 1.74. The van der Waals surface area contributed by atoms with Crippen LogP contribution < -0.4 is 5.73 Å². The number of primary amides is 1. The third-order valence-corrected chi connectivity index (χ3v) is 3.05. The zero-order valence-electron chi connectivity index (χ0n) is 8.98. The van der Waals surface area contributed by atoms with Crippen LogP contribution in [0.1, 0.15) is 13.3 Å². The van der Waals surface area contributed by atoms with Gasteiger partial charge < -0.3 is 10.8 Å². The van der Waals surface area contributed by atoms with Crippen LogP contribution in [0.4, 0.5) is 13.2 Å². The van der Waals surface area contributed by atoms with E-state index in [1.807, 2.05) is 0 Å². The molecule has 1 unspecified atom stereocenters. The van der Waals surface area contributed by atoms with Crippen molar-refractivity contribution in [2.45, 2.75) is 24.8 Å². The predicted molar refractivity (Wildman–Crippen MR) is 51.8 cm³/mol. The minimum atomic E-state index is -5.08. The molecule has 1 amide bonds. The lowest BCUT2D eigenvalue weighted by Gasteiger charge is -2.06. The lowest BCUT2D eigenvalue weighted by molar-refractivity contribution is -0.192. The van der Waals surface area contributed by atoms with Crippen LogP contribution in [0, 0.1) is 0 Å². The number of halogens is 3. The fraction of sp³-hybridized carbons (Fsp3) is 0.714. The van der Waals surface area contributed by atoms with Gasteiger partial charge in [0, 0.05) is 6.26 Å². The van der Waals surface area contributed by atoms with Crippen LogP contribution >= 0.6 is 0 Å². The number of carbonyl (C=O) groups excluding carboxylic acids is 1. The zero-order valence-corrected chi connectivity index (χ0v) is 9.80. The molecule has 3 N–H and O–H groups in total. The van der Waals surface area contributed by atoms with Crippen molar-refractivity contribution in [2.75, 3.05) is 6.26 Å². The Kier molecular flexibility index (Phi) is 6.82. The molecule has 0 aliphatic heterocycles. The highest BCUT2D eigenvalue weighted by Gasteiger charge is 2.38. The Bertz CT molecular complexity index is 375. The van der Waals surface area contributed by atoms with Crippen molar-refractivity contribution in [2.24, 2.45) is 5.73 Å². The van der Waals surface area contributed by atoms with Crippen molar-refractivity contribution in [3.63, 3.8) is 0 Å². The van der Waals surface area contributed by atoms with E-state index in [1.54, 1.807) is 6.92 Å². The van der Waals surface area contributed by atoms with Crippen molar-refractivity contribution in [1.29, 1.82) is 0 Å². The number of alkyl halides is 3. The van der Waals surface area contributed by atoms with Gasteiger partial charge in [-0.2, -0.15) is 13.2 Å². The lowest BCUT2D eigenvalue weighted by Crippen LogP contribution is -2.34. The highest BCUT2D eigenvalue weighted by Crippen LogP contribution is 2.13. The number of sulfone groups is 1. The van der Waals surface area contributed by atoms with Gasteiger partial charge in [0.05, 0.1) is 0 Å². The van der Waals surface area contributed by atoms with E-state index in [0.29, 0.717) is 0 Å². The van der Waals surface area contributed by atoms with Crippen LogP contribution in [0.3, 0.4) is 0 Å². The van der Waals surface area contributed by atoms with Crippen molar-refractivity contribution < 1.29 is 36.3 Å².